The Bertz CT molecular complexity index is 560. The molecular weight excluding hydrogens is 313 g/mol. The standard InChI is InChI=1S/C15H17Cl2NO3/c1-10(14-3-2-6-20-14)18-8-12(19)9-21-15-5-4-11(16)7-13(15)17/h2-7,10,12,18-19H,8-9H2,1H3. The molecule has 1 aromatic carbocycles. The van der Waals surface area contributed by atoms with E-state index in [2.05, 4.69) is 5.32 Å². The van der Waals surface area contributed by atoms with Crippen molar-refractivity contribution in [2.45, 2.75) is 19.1 Å². The van der Waals surface area contributed by atoms with Crippen molar-refractivity contribution in [3.05, 3.63) is 52.4 Å². The Morgan fingerprint density at radius 3 is 2.81 bits per heavy atom. The van der Waals surface area contributed by atoms with Crippen molar-refractivity contribution in [3.8, 4) is 5.75 Å². The van der Waals surface area contributed by atoms with E-state index >= 15 is 0 Å². The van der Waals surface area contributed by atoms with Gasteiger partial charge in [-0.3, -0.25) is 0 Å². The molecule has 0 spiro atoms. The first-order valence-electron chi connectivity index (χ1n) is 6.59. The zero-order valence-corrected chi connectivity index (χ0v) is 13.1. The smallest absolute Gasteiger partial charge is 0.138 e. The molecule has 0 aliphatic heterocycles. The maximum atomic E-state index is 9.92. The van der Waals surface area contributed by atoms with Crippen LogP contribution in [0.4, 0.5) is 0 Å². The van der Waals surface area contributed by atoms with Crippen molar-refractivity contribution < 1.29 is 14.3 Å². The lowest BCUT2D eigenvalue weighted by Crippen LogP contribution is -2.32. The van der Waals surface area contributed by atoms with E-state index in [1.54, 1.807) is 24.5 Å². The first kappa shape index (κ1) is 16.2. The van der Waals surface area contributed by atoms with Crippen LogP contribution in [0.15, 0.2) is 41.0 Å². The van der Waals surface area contributed by atoms with Crippen molar-refractivity contribution in [2.24, 2.45) is 0 Å². The number of furan rings is 1. The van der Waals surface area contributed by atoms with Crippen LogP contribution < -0.4 is 10.1 Å². The quantitative estimate of drug-likeness (QED) is 0.813. The van der Waals surface area contributed by atoms with Gasteiger partial charge in [0.25, 0.3) is 0 Å². The lowest BCUT2D eigenvalue weighted by molar-refractivity contribution is 0.103. The van der Waals surface area contributed by atoms with Gasteiger partial charge in [0.05, 0.1) is 17.3 Å². The number of ether oxygens (including phenoxy) is 1. The number of hydrogen-bond acceptors (Lipinski definition) is 4. The van der Waals surface area contributed by atoms with E-state index in [4.69, 9.17) is 32.4 Å². The molecule has 1 heterocycles. The van der Waals surface area contributed by atoms with Crippen LogP contribution in [-0.2, 0) is 0 Å². The van der Waals surface area contributed by atoms with E-state index in [1.165, 1.54) is 0 Å². The fraction of sp³-hybridized carbons (Fsp3) is 0.333. The number of rotatable bonds is 7. The summed E-state index contributed by atoms with van der Waals surface area (Å²) in [5, 5.41) is 14.0. The molecule has 1 aromatic heterocycles. The number of benzene rings is 1. The van der Waals surface area contributed by atoms with Crippen LogP contribution in [0.1, 0.15) is 18.7 Å². The molecule has 0 saturated carbocycles. The first-order valence-corrected chi connectivity index (χ1v) is 7.34. The Balaban J connectivity index is 1.75. The monoisotopic (exact) mass is 329 g/mol. The molecule has 2 unspecified atom stereocenters. The second-order valence-corrected chi connectivity index (χ2v) is 5.53. The highest BCUT2D eigenvalue weighted by Gasteiger charge is 2.12. The van der Waals surface area contributed by atoms with E-state index in [9.17, 15) is 5.11 Å². The van der Waals surface area contributed by atoms with Gasteiger partial charge in [-0.05, 0) is 37.3 Å². The van der Waals surface area contributed by atoms with Gasteiger partial charge in [-0.1, -0.05) is 23.2 Å². The van der Waals surface area contributed by atoms with Crippen molar-refractivity contribution in [2.75, 3.05) is 13.2 Å². The molecule has 0 bridgehead atoms. The topological polar surface area (TPSA) is 54.6 Å². The number of halogens is 2. The molecule has 0 radical (unpaired) electrons. The molecule has 0 aliphatic rings. The summed E-state index contributed by atoms with van der Waals surface area (Å²) < 4.78 is 10.8. The molecule has 2 aromatic rings. The predicted octanol–water partition coefficient (Wildman–Crippen LogP) is 3.68. The fourth-order valence-corrected chi connectivity index (χ4v) is 2.25. The van der Waals surface area contributed by atoms with E-state index in [-0.39, 0.29) is 12.6 Å². The van der Waals surface area contributed by atoms with Crippen molar-refractivity contribution in [3.63, 3.8) is 0 Å². The molecule has 21 heavy (non-hydrogen) atoms. The second kappa shape index (κ2) is 7.71. The third-order valence-corrected chi connectivity index (χ3v) is 3.49. The van der Waals surface area contributed by atoms with Gasteiger partial charge < -0.3 is 19.6 Å². The van der Waals surface area contributed by atoms with Crippen LogP contribution in [0.5, 0.6) is 5.75 Å². The summed E-state index contributed by atoms with van der Waals surface area (Å²) in [5.74, 6) is 1.32. The van der Waals surface area contributed by atoms with E-state index in [1.807, 2.05) is 19.1 Å². The van der Waals surface area contributed by atoms with Gasteiger partial charge in [-0.2, -0.15) is 0 Å². The number of hydrogen-bond donors (Lipinski definition) is 2. The zero-order chi connectivity index (χ0) is 15.2. The molecule has 0 saturated heterocycles. The summed E-state index contributed by atoms with van der Waals surface area (Å²) in [5.41, 5.74) is 0. The largest absolute Gasteiger partial charge is 0.489 e. The first-order chi connectivity index (χ1) is 10.1. The minimum atomic E-state index is -0.658. The van der Waals surface area contributed by atoms with Crippen molar-refractivity contribution in [1.29, 1.82) is 0 Å². The van der Waals surface area contributed by atoms with E-state index < -0.39 is 6.10 Å². The lowest BCUT2D eigenvalue weighted by Gasteiger charge is -2.16. The van der Waals surface area contributed by atoms with Gasteiger partial charge >= 0.3 is 0 Å². The lowest BCUT2D eigenvalue weighted by atomic mass is 10.2. The number of aliphatic hydroxyl groups excluding tert-OH is 1. The average molecular weight is 330 g/mol. The third-order valence-electron chi connectivity index (χ3n) is 2.95. The highest BCUT2D eigenvalue weighted by atomic mass is 35.5. The predicted molar refractivity (Wildman–Crippen MR) is 83.1 cm³/mol. The van der Waals surface area contributed by atoms with Gasteiger partial charge in [0.1, 0.15) is 24.2 Å². The van der Waals surface area contributed by atoms with Crippen LogP contribution in [0, 0.1) is 0 Å². The Hall–Kier alpha value is -1.20. The van der Waals surface area contributed by atoms with Gasteiger partial charge in [0.15, 0.2) is 0 Å². The Labute approximate surface area is 133 Å². The Morgan fingerprint density at radius 1 is 1.33 bits per heavy atom. The van der Waals surface area contributed by atoms with Crippen LogP contribution in [0.2, 0.25) is 10.0 Å². The summed E-state index contributed by atoms with van der Waals surface area (Å²) in [6.07, 6.45) is 0.962. The summed E-state index contributed by atoms with van der Waals surface area (Å²) in [6, 6.07) is 8.70. The minimum Gasteiger partial charge on any atom is -0.489 e. The van der Waals surface area contributed by atoms with Gasteiger partial charge in [-0.15, -0.1) is 0 Å². The highest BCUT2D eigenvalue weighted by molar-refractivity contribution is 6.35. The Morgan fingerprint density at radius 2 is 2.14 bits per heavy atom. The number of aliphatic hydroxyl groups is 1. The summed E-state index contributed by atoms with van der Waals surface area (Å²) in [7, 11) is 0. The molecule has 114 valence electrons. The average Bonchev–Trinajstić information content (AvgIpc) is 2.98. The third kappa shape index (κ3) is 4.93. The maximum absolute atomic E-state index is 9.92. The van der Waals surface area contributed by atoms with E-state index in [0.29, 0.717) is 22.3 Å². The zero-order valence-electron chi connectivity index (χ0n) is 11.6. The molecule has 0 fully saturated rings. The molecule has 0 aliphatic carbocycles. The van der Waals surface area contributed by atoms with Gasteiger partial charge in [-0.25, -0.2) is 0 Å². The van der Waals surface area contributed by atoms with Crippen molar-refractivity contribution in [1.82, 2.24) is 5.32 Å². The summed E-state index contributed by atoms with van der Waals surface area (Å²) >= 11 is 11.8. The van der Waals surface area contributed by atoms with Crippen molar-refractivity contribution >= 4 is 23.2 Å². The SMILES string of the molecule is CC(NCC(O)COc1ccc(Cl)cc1Cl)c1ccco1. The highest BCUT2D eigenvalue weighted by Crippen LogP contribution is 2.27. The van der Waals surface area contributed by atoms with E-state index in [0.717, 1.165) is 5.76 Å². The van der Waals surface area contributed by atoms with Crippen LogP contribution >= 0.6 is 23.2 Å². The normalized spacial score (nSPS) is 13.9. The number of nitrogens with one attached hydrogen (secondary N) is 1. The maximum Gasteiger partial charge on any atom is 0.138 e. The minimum absolute atomic E-state index is 0.0220. The second-order valence-electron chi connectivity index (χ2n) is 4.68. The molecule has 4 nitrogen and oxygen atoms in total. The molecule has 2 N–H and O–H groups in total. The fourth-order valence-electron chi connectivity index (χ4n) is 1.79. The van der Waals surface area contributed by atoms with Crippen LogP contribution in [0.3, 0.4) is 0 Å². The van der Waals surface area contributed by atoms with Gasteiger partial charge in [0.2, 0.25) is 0 Å². The molecule has 2 atom stereocenters. The summed E-state index contributed by atoms with van der Waals surface area (Å²) in [6.45, 7) is 2.48. The summed E-state index contributed by atoms with van der Waals surface area (Å²) in [4.78, 5) is 0. The Kier molecular flexibility index (Phi) is 5.94. The molecule has 6 heteroatoms. The molecular formula is C15H17Cl2NO3. The van der Waals surface area contributed by atoms with Crippen LogP contribution in [-0.4, -0.2) is 24.4 Å². The molecule has 2 rings (SSSR count). The van der Waals surface area contributed by atoms with Gasteiger partial charge in [0, 0.05) is 11.6 Å². The van der Waals surface area contributed by atoms with Crippen LogP contribution in [0.25, 0.3) is 0 Å². The molecule has 0 amide bonds.